The van der Waals surface area contributed by atoms with Gasteiger partial charge in [0.1, 0.15) is 6.04 Å². The van der Waals surface area contributed by atoms with E-state index in [9.17, 15) is 4.79 Å². The SMILES string of the molecule is CC1C(C)N(C(C)C(=O)O)CCN1C. The van der Waals surface area contributed by atoms with Crippen LogP contribution in [-0.4, -0.2) is 59.1 Å². The Morgan fingerprint density at radius 2 is 1.93 bits per heavy atom. The van der Waals surface area contributed by atoms with Crippen LogP contribution in [0.5, 0.6) is 0 Å². The lowest BCUT2D eigenvalue weighted by atomic mass is 10.0. The van der Waals surface area contributed by atoms with Gasteiger partial charge in [-0.25, -0.2) is 0 Å². The lowest BCUT2D eigenvalue weighted by Crippen LogP contribution is -2.59. The maximum atomic E-state index is 10.9. The van der Waals surface area contributed by atoms with Gasteiger partial charge in [-0.2, -0.15) is 0 Å². The molecular weight excluding hydrogens is 180 g/mol. The molecule has 1 N–H and O–H groups in total. The molecule has 3 atom stereocenters. The molecule has 1 aliphatic heterocycles. The summed E-state index contributed by atoms with van der Waals surface area (Å²) in [5.74, 6) is -0.728. The third-order valence-corrected chi connectivity index (χ3v) is 3.48. The monoisotopic (exact) mass is 200 g/mol. The van der Waals surface area contributed by atoms with Gasteiger partial charge in [-0.1, -0.05) is 0 Å². The molecule has 1 rings (SSSR count). The molecule has 0 bridgehead atoms. The Labute approximate surface area is 85.5 Å². The van der Waals surface area contributed by atoms with Crippen LogP contribution < -0.4 is 0 Å². The quantitative estimate of drug-likeness (QED) is 0.704. The highest BCUT2D eigenvalue weighted by atomic mass is 16.4. The Hall–Kier alpha value is -0.610. The van der Waals surface area contributed by atoms with E-state index in [0.29, 0.717) is 12.1 Å². The normalized spacial score (nSPS) is 32.9. The molecule has 1 heterocycles. The minimum Gasteiger partial charge on any atom is -0.480 e. The number of hydrogen-bond acceptors (Lipinski definition) is 3. The summed E-state index contributed by atoms with van der Waals surface area (Å²) in [7, 11) is 2.09. The maximum absolute atomic E-state index is 10.9. The average Bonchev–Trinajstić information content (AvgIpc) is 2.13. The minimum atomic E-state index is -0.728. The molecular formula is C10H20N2O2. The molecule has 0 aliphatic carbocycles. The number of hydrogen-bond donors (Lipinski definition) is 1. The highest BCUT2D eigenvalue weighted by Crippen LogP contribution is 2.17. The number of likely N-dealkylation sites (N-methyl/N-ethyl adjacent to an activating group) is 1. The van der Waals surface area contributed by atoms with Crippen molar-refractivity contribution in [2.45, 2.75) is 38.9 Å². The zero-order valence-electron chi connectivity index (χ0n) is 9.40. The fourth-order valence-corrected chi connectivity index (χ4v) is 2.01. The predicted octanol–water partition coefficient (Wildman–Crippen LogP) is 0.484. The number of carbonyl (C=O) groups is 1. The van der Waals surface area contributed by atoms with Crippen molar-refractivity contribution in [3.05, 3.63) is 0 Å². The van der Waals surface area contributed by atoms with Crippen molar-refractivity contribution in [3.63, 3.8) is 0 Å². The Balaban J connectivity index is 2.67. The first-order valence-corrected chi connectivity index (χ1v) is 5.14. The standard InChI is InChI=1S/C10H20N2O2/c1-7-8(2)12(6-5-11(7)4)9(3)10(13)14/h7-9H,5-6H2,1-4H3,(H,13,14). The van der Waals surface area contributed by atoms with Crippen molar-refractivity contribution in [2.24, 2.45) is 0 Å². The highest BCUT2D eigenvalue weighted by molar-refractivity contribution is 5.72. The fourth-order valence-electron chi connectivity index (χ4n) is 2.01. The van der Waals surface area contributed by atoms with E-state index in [2.05, 4.69) is 30.7 Å². The van der Waals surface area contributed by atoms with E-state index in [-0.39, 0.29) is 6.04 Å². The van der Waals surface area contributed by atoms with E-state index < -0.39 is 5.97 Å². The van der Waals surface area contributed by atoms with Gasteiger partial charge in [-0.3, -0.25) is 9.69 Å². The Kier molecular flexibility index (Phi) is 3.50. The van der Waals surface area contributed by atoms with Gasteiger partial charge < -0.3 is 10.0 Å². The average molecular weight is 200 g/mol. The zero-order valence-corrected chi connectivity index (χ0v) is 9.40. The lowest BCUT2D eigenvalue weighted by molar-refractivity contribution is -0.145. The highest BCUT2D eigenvalue weighted by Gasteiger charge is 2.33. The molecule has 0 aromatic carbocycles. The summed E-state index contributed by atoms with van der Waals surface area (Å²) < 4.78 is 0. The van der Waals surface area contributed by atoms with Crippen molar-refractivity contribution in [1.82, 2.24) is 9.80 Å². The number of carboxylic acid groups (broad SMARTS) is 1. The maximum Gasteiger partial charge on any atom is 0.320 e. The molecule has 0 aromatic heterocycles. The second kappa shape index (κ2) is 4.28. The molecule has 4 nitrogen and oxygen atoms in total. The molecule has 0 radical (unpaired) electrons. The van der Waals surface area contributed by atoms with Gasteiger partial charge in [-0.05, 0) is 27.8 Å². The van der Waals surface area contributed by atoms with E-state index >= 15 is 0 Å². The van der Waals surface area contributed by atoms with E-state index in [0.717, 1.165) is 13.1 Å². The molecule has 0 aromatic rings. The van der Waals surface area contributed by atoms with E-state index in [1.165, 1.54) is 0 Å². The summed E-state index contributed by atoms with van der Waals surface area (Å²) in [6, 6.07) is 0.353. The van der Waals surface area contributed by atoms with Crippen molar-refractivity contribution in [1.29, 1.82) is 0 Å². The van der Waals surface area contributed by atoms with Crippen LogP contribution >= 0.6 is 0 Å². The molecule has 1 aliphatic rings. The van der Waals surface area contributed by atoms with Crippen LogP contribution in [-0.2, 0) is 4.79 Å². The van der Waals surface area contributed by atoms with Crippen LogP contribution in [0.4, 0.5) is 0 Å². The molecule has 1 saturated heterocycles. The van der Waals surface area contributed by atoms with E-state index in [1.54, 1.807) is 6.92 Å². The van der Waals surface area contributed by atoms with Crippen LogP contribution in [0.15, 0.2) is 0 Å². The van der Waals surface area contributed by atoms with Crippen molar-refractivity contribution in [3.8, 4) is 0 Å². The van der Waals surface area contributed by atoms with Crippen LogP contribution in [0.1, 0.15) is 20.8 Å². The fraction of sp³-hybridized carbons (Fsp3) is 0.900. The third kappa shape index (κ3) is 2.07. The first-order chi connectivity index (χ1) is 6.45. The molecule has 14 heavy (non-hydrogen) atoms. The molecule has 1 fully saturated rings. The Bertz CT molecular complexity index is 220. The van der Waals surface area contributed by atoms with Gasteiger partial charge in [0.25, 0.3) is 0 Å². The van der Waals surface area contributed by atoms with E-state index in [1.807, 2.05) is 0 Å². The van der Waals surface area contributed by atoms with Crippen molar-refractivity contribution < 1.29 is 9.90 Å². The second-order valence-corrected chi connectivity index (χ2v) is 4.21. The molecule has 0 spiro atoms. The van der Waals surface area contributed by atoms with Crippen molar-refractivity contribution in [2.75, 3.05) is 20.1 Å². The summed E-state index contributed by atoms with van der Waals surface area (Å²) in [6.07, 6.45) is 0. The van der Waals surface area contributed by atoms with Gasteiger partial charge in [0, 0.05) is 25.2 Å². The summed E-state index contributed by atoms with van der Waals surface area (Å²) >= 11 is 0. The number of rotatable bonds is 2. The summed E-state index contributed by atoms with van der Waals surface area (Å²) in [5.41, 5.74) is 0. The topological polar surface area (TPSA) is 43.8 Å². The van der Waals surface area contributed by atoms with E-state index in [4.69, 9.17) is 5.11 Å². The Morgan fingerprint density at radius 3 is 2.43 bits per heavy atom. The predicted molar refractivity (Wildman–Crippen MR) is 55.4 cm³/mol. The zero-order chi connectivity index (χ0) is 10.9. The smallest absolute Gasteiger partial charge is 0.320 e. The minimum absolute atomic E-state index is 0.305. The van der Waals surface area contributed by atoms with Crippen LogP contribution in [0.25, 0.3) is 0 Å². The van der Waals surface area contributed by atoms with Gasteiger partial charge in [0.05, 0.1) is 0 Å². The van der Waals surface area contributed by atoms with Crippen LogP contribution in [0.2, 0.25) is 0 Å². The van der Waals surface area contributed by atoms with Gasteiger partial charge in [-0.15, -0.1) is 0 Å². The molecule has 3 unspecified atom stereocenters. The van der Waals surface area contributed by atoms with Gasteiger partial charge in [0.2, 0.25) is 0 Å². The van der Waals surface area contributed by atoms with Crippen LogP contribution in [0.3, 0.4) is 0 Å². The van der Waals surface area contributed by atoms with Gasteiger partial charge >= 0.3 is 5.97 Å². The summed E-state index contributed by atoms with van der Waals surface area (Å²) in [4.78, 5) is 15.2. The van der Waals surface area contributed by atoms with Gasteiger partial charge in [0.15, 0.2) is 0 Å². The van der Waals surface area contributed by atoms with Crippen molar-refractivity contribution >= 4 is 5.97 Å². The Morgan fingerprint density at radius 1 is 1.36 bits per heavy atom. The number of carboxylic acids is 1. The molecule has 4 heteroatoms. The first kappa shape index (κ1) is 11.5. The van der Waals surface area contributed by atoms with Crippen LogP contribution in [0, 0.1) is 0 Å². The summed E-state index contributed by atoms with van der Waals surface area (Å²) in [5, 5.41) is 8.95. The molecule has 82 valence electrons. The second-order valence-electron chi connectivity index (χ2n) is 4.21. The summed E-state index contributed by atoms with van der Waals surface area (Å²) in [6.45, 7) is 7.79. The number of aliphatic carboxylic acids is 1. The lowest BCUT2D eigenvalue weighted by Gasteiger charge is -2.45. The molecule has 0 amide bonds. The third-order valence-electron chi connectivity index (χ3n) is 3.48. The molecule has 0 saturated carbocycles. The number of piperazine rings is 1. The number of nitrogens with zero attached hydrogens (tertiary/aromatic N) is 2. The first-order valence-electron chi connectivity index (χ1n) is 5.14. The largest absolute Gasteiger partial charge is 0.480 e.